The third-order valence-electron chi connectivity index (χ3n) is 2.62. The molecule has 0 unspecified atom stereocenters. The van der Waals surface area contributed by atoms with Crippen LogP contribution in [0.25, 0.3) is 10.9 Å². The molecule has 5 heteroatoms. The minimum atomic E-state index is 0.492. The molecule has 0 aliphatic carbocycles. The summed E-state index contributed by atoms with van der Waals surface area (Å²) in [5, 5.41) is 3.12. The summed E-state index contributed by atoms with van der Waals surface area (Å²) in [6.45, 7) is 0.492. The quantitative estimate of drug-likeness (QED) is 0.795. The van der Waals surface area contributed by atoms with E-state index in [-0.39, 0.29) is 0 Å². The molecule has 3 nitrogen and oxygen atoms in total. The van der Waals surface area contributed by atoms with E-state index in [1.807, 2.05) is 36.0 Å². The normalized spacial score (nSPS) is 10.9. The maximum absolute atomic E-state index is 5.80. The van der Waals surface area contributed by atoms with Gasteiger partial charge in [0.15, 0.2) is 4.34 Å². The molecule has 0 fully saturated rings. The number of hydrogen-bond acceptors (Lipinski definition) is 5. The summed E-state index contributed by atoms with van der Waals surface area (Å²) in [4.78, 5) is 9.91. The molecule has 2 N–H and O–H groups in total. The molecule has 0 aliphatic rings. The Balaban J connectivity index is 2.17. The van der Waals surface area contributed by atoms with Crippen LogP contribution < -0.4 is 5.73 Å². The highest BCUT2D eigenvalue weighted by atomic mass is 32.2. The fourth-order valence-corrected chi connectivity index (χ4v) is 3.58. The number of nitrogens with two attached hydrogens (primary N) is 1. The summed E-state index contributed by atoms with van der Waals surface area (Å²) in [5.74, 6) is 0. The van der Waals surface area contributed by atoms with Crippen LogP contribution in [0.3, 0.4) is 0 Å². The van der Waals surface area contributed by atoms with Crippen molar-refractivity contribution in [2.45, 2.75) is 15.8 Å². The molecule has 0 saturated carbocycles. The molecule has 2 aromatic heterocycles. The summed E-state index contributed by atoms with van der Waals surface area (Å²) in [6.07, 6.45) is 3.68. The van der Waals surface area contributed by atoms with Crippen LogP contribution in [0.5, 0.6) is 0 Å². The first-order valence-electron chi connectivity index (χ1n) is 5.52. The number of fused-ring (bicyclic) bond motifs is 1. The van der Waals surface area contributed by atoms with E-state index in [1.165, 1.54) is 0 Å². The number of para-hydroxylation sites is 1. The number of nitrogens with zero attached hydrogens (tertiary/aromatic N) is 2. The third kappa shape index (κ3) is 2.12. The van der Waals surface area contributed by atoms with Crippen molar-refractivity contribution in [2.75, 3.05) is 0 Å². The summed E-state index contributed by atoms with van der Waals surface area (Å²) < 4.78 is 1.03. The second-order valence-corrected chi connectivity index (χ2v) is 5.89. The Morgan fingerprint density at radius 1 is 1.22 bits per heavy atom. The minimum Gasteiger partial charge on any atom is -0.326 e. The van der Waals surface area contributed by atoms with Gasteiger partial charge in [-0.1, -0.05) is 30.0 Å². The average molecular weight is 273 g/mol. The first-order chi connectivity index (χ1) is 8.88. The molecule has 0 bridgehead atoms. The second kappa shape index (κ2) is 5.06. The second-order valence-electron chi connectivity index (χ2n) is 3.73. The molecule has 1 aromatic carbocycles. The van der Waals surface area contributed by atoms with Gasteiger partial charge in [-0.15, -0.1) is 11.3 Å². The topological polar surface area (TPSA) is 51.8 Å². The average Bonchev–Trinajstić information content (AvgIpc) is 2.92. The molecule has 0 aliphatic heterocycles. The zero-order chi connectivity index (χ0) is 12.4. The molecule has 3 aromatic rings. The lowest BCUT2D eigenvalue weighted by Crippen LogP contribution is -2.00. The maximum atomic E-state index is 5.80. The molecular formula is C13H11N3S2. The number of thiazole rings is 1. The predicted octanol–water partition coefficient (Wildman–Crippen LogP) is 3.30. The van der Waals surface area contributed by atoms with E-state index < -0.39 is 0 Å². The smallest absolute Gasteiger partial charge is 0.154 e. The van der Waals surface area contributed by atoms with Crippen LogP contribution in [0.1, 0.15) is 5.56 Å². The molecule has 18 heavy (non-hydrogen) atoms. The van der Waals surface area contributed by atoms with Gasteiger partial charge in [0, 0.05) is 34.6 Å². The fraction of sp³-hybridized carbons (Fsp3) is 0.0769. The zero-order valence-electron chi connectivity index (χ0n) is 9.54. The van der Waals surface area contributed by atoms with E-state index in [4.69, 9.17) is 5.73 Å². The van der Waals surface area contributed by atoms with Gasteiger partial charge < -0.3 is 5.73 Å². The standard InChI is InChI=1S/C13H11N3S2/c14-7-9-8-16-11-4-2-1-3-10(11)12(9)18-13-15-5-6-17-13/h1-6,8H,7,14H2. The Morgan fingerprint density at radius 3 is 2.89 bits per heavy atom. The molecule has 90 valence electrons. The van der Waals surface area contributed by atoms with Gasteiger partial charge >= 0.3 is 0 Å². The Morgan fingerprint density at radius 2 is 2.11 bits per heavy atom. The summed E-state index contributed by atoms with van der Waals surface area (Å²) >= 11 is 3.30. The van der Waals surface area contributed by atoms with Crippen molar-refractivity contribution in [3.8, 4) is 0 Å². The van der Waals surface area contributed by atoms with Crippen LogP contribution in [-0.4, -0.2) is 9.97 Å². The molecule has 3 rings (SSSR count). The van der Waals surface area contributed by atoms with Gasteiger partial charge in [-0.25, -0.2) is 4.98 Å². The first-order valence-corrected chi connectivity index (χ1v) is 7.22. The zero-order valence-corrected chi connectivity index (χ0v) is 11.2. The number of aromatic nitrogens is 2. The van der Waals surface area contributed by atoms with E-state index in [1.54, 1.807) is 23.1 Å². The molecule has 0 amide bonds. The predicted molar refractivity (Wildman–Crippen MR) is 75.9 cm³/mol. The lowest BCUT2D eigenvalue weighted by Gasteiger charge is -2.09. The van der Waals surface area contributed by atoms with E-state index in [0.29, 0.717) is 6.54 Å². The Bertz CT molecular complexity index is 665. The van der Waals surface area contributed by atoms with Crippen LogP contribution in [0.4, 0.5) is 0 Å². The van der Waals surface area contributed by atoms with Crippen LogP contribution in [-0.2, 0) is 6.54 Å². The van der Waals surface area contributed by atoms with Gasteiger partial charge in [-0.05, 0) is 11.6 Å². The maximum Gasteiger partial charge on any atom is 0.154 e. The monoisotopic (exact) mass is 273 g/mol. The summed E-state index contributed by atoms with van der Waals surface area (Å²) in [5.41, 5.74) is 7.86. The van der Waals surface area contributed by atoms with Crippen molar-refractivity contribution < 1.29 is 0 Å². The van der Waals surface area contributed by atoms with Gasteiger partial charge in [0.05, 0.1) is 5.52 Å². The number of benzene rings is 1. The molecular weight excluding hydrogens is 262 g/mol. The number of hydrogen-bond donors (Lipinski definition) is 1. The van der Waals surface area contributed by atoms with Crippen molar-refractivity contribution in [1.29, 1.82) is 0 Å². The number of pyridine rings is 1. The summed E-state index contributed by atoms with van der Waals surface area (Å²) in [7, 11) is 0. The molecule has 0 atom stereocenters. The van der Waals surface area contributed by atoms with Crippen molar-refractivity contribution in [3.63, 3.8) is 0 Å². The van der Waals surface area contributed by atoms with E-state index in [0.717, 1.165) is 25.7 Å². The third-order valence-corrected chi connectivity index (χ3v) is 4.69. The van der Waals surface area contributed by atoms with Crippen molar-refractivity contribution in [2.24, 2.45) is 5.73 Å². The van der Waals surface area contributed by atoms with Crippen molar-refractivity contribution in [3.05, 3.63) is 47.6 Å². The van der Waals surface area contributed by atoms with Gasteiger partial charge in [-0.3, -0.25) is 4.98 Å². The van der Waals surface area contributed by atoms with Gasteiger partial charge in [0.2, 0.25) is 0 Å². The van der Waals surface area contributed by atoms with Crippen LogP contribution in [0.15, 0.2) is 51.3 Å². The fourth-order valence-electron chi connectivity index (χ4n) is 1.77. The minimum absolute atomic E-state index is 0.492. The highest BCUT2D eigenvalue weighted by molar-refractivity contribution is 8.01. The Kier molecular flexibility index (Phi) is 3.27. The van der Waals surface area contributed by atoms with Crippen molar-refractivity contribution in [1.82, 2.24) is 9.97 Å². The van der Waals surface area contributed by atoms with Gasteiger partial charge in [0.25, 0.3) is 0 Å². The lowest BCUT2D eigenvalue weighted by atomic mass is 10.1. The molecule has 0 radical (unpaired) electrons. The Hall–Kier alpha value is -1.43. The first kappa shape index (κ1) is 11.6. The van der Waals surface area contributed by atoms with Gasteiger partial charge in [0.1, 0.15) is 0 Å². The van der Waals surface area contributed by atoms with E-state index in [9.17, 15) is 0 Å². The molecule has 0 spiro atoms. The van der Waals surface area contributed by atoms with Crippen LogP contribution in [0.2, 0.25) is 0 Å². The van der Waals surface area contributed by atoms with Crippen LogP contribution in [0, 0.1) is 0 Å². The molecule has 2 heterocycles. The highest BCUT2D eigenvalue weighted by Crippen LogP contribution is 2.36. The highest BCUT2D eigenvalue weighted by Gasteiger charge is 2.10. The van der Waals surface area contributed by atoms with Crippen molar-refractivity contribution >= 4 is 34.0 Å². The van der Waals surface area contributed by atoms with Gasteiger partial charge in [-0.2, -0.15) is 0 Å². The van der Waals surface area contributed by atoms with E-state index in [2.05, 4.69) is 16.0 Å². The number of rotatable bonds is 3. The molecule has 0 saturated heterocycles. The van der Waals surface area contributed by atoms with E-state index >= 15 is 0 Å². The van der Waals surface area contributed by atoms with Crippen LogP contribution >= 0.6 is 23.1 Å². The summed E-state index contributed by atoms with van der Waals surface area (Å²) in [6, 6.07) is 8.12. The SMILES string of the molecule is NCc1cnc2ccccc2c1Sc1nccs1. The Labute approximate surface area is 113 Å². The largest absolute Gasteiger partial charge is 0.326 e. The lowest BCUT2D eigenvalue weighted by molar-refractivity contribution is 1.02.